The monoisotopic (exact) mass is 537 g/mol. The van der Waals surface area contributed by atoms with Crippen molar-refractivity contribution in [1.82, 2.24) is 4.90 Å². The molecule has 33 heavy (non-hydrogen) atoms. The van der Waals surface area contributed by atoms with Crippen molar-refractivity contribution >= 4 is 31.7 Å². The van der Waals surface area contributed by atoms with Gasteiger partial charge in [0.2, 0.25) is 0 Å². The Morgan fingerprint density at radius 3 is 2.27 bits per heavy atom. The molecule has 1 heterocycles. The van der Waals surface area contributed by atoms with Crippen molar-refractivity contribution in [2.24, 2.45) is 0 Å². The van der Waals surface area contributed by atoms with Crippen LogP contribution in [0.4, 0.5) is 0 Å². The normalized spacial score (nSPS) is 16.7. The van der Waals surface area contributed by atoms with E-state index in [1.54, 1.807) is 19.1 Å². The zero-order chi connectivity index (χ0) is 23.9. The van der Waals surface area contributed by atoms with E-state index in [2.05, 4.69) is 20.8 Å². The van der Waals surface area contributed by atoms with Gasteiger partial charge in [-0.05, 0) is 81.7 Å². The van der Waals surface area contributed by atoms with Crippen LogP contribution in [0.5, 0.6) is 5.75 Å². The van der Waals surface area contributed by atoms with Gasteiger partial charge in [0.15, 0.2) is 14.6 Å². The quantitative estimate of drug-likeness (QED) is 0.410. The summed E-state index contributed by atoms with van der Waals surface area (Å²) >= 11 is 3.32. The molecule has 0 aromatic heterocycles. The molecule has 180 valence electrons. The van der Waals surface area contributed by atoms with Crippen molar-refractivity contribution in [3.8, 4) is 5.75 Å². The zero-order valence-electron chi connectivity index (χ0n) is 19.3. The minimum atomic E-state index is -4.01. The van der Waals surface area contributed by atoms with Gasteiger partial charge in [0.25, 0.3) is 0 Å². The fourth-order valence-corrected chi connectivity index (χ4v) is 5.92. The molecule has 0 amide bonds. The number of rotatable bonds is 10. The van der Waals surface area contributed by atoms with Gasteiger partial charge in [0.05, 0.1) is 11.5 Å². The van der Waals surface area contributed by atoms with Gasteiger partial charge in [0, 0.05) is 17.4 Å². The standard InChI is InChI=1S/C25H32BrNO5S/c1-3-31-24(28)25(2,33(29,30)23-13-9-21(26)10-14-23)19-20-7-11-22(12-8-20)32-18-17-27-15-5-4-6-16-27/h7-14H,3-6,15-19H2,1-2H3. The van der Waals surface area contributed by atoms with Crippen LogP contribution in [-0.4, -0.2) is 56.9 Å². The van der Waals surface area contributed by atoms with E-state index in [0.29, 0.717) is 6.61 Å². The third-order valence-electron chi connectivity index (χ3n) is 6.01. The van der Waals surface area contributed by atoms with Crippen LogP contribution in [0.1, 0.15) is 38.7 Å². The van der Waals surface area contributed by atoms with E-state index >= 15 is 0 Å². The lowest BCUT2D eigenvalue weighted by molar-refractivity contribution is -0.145. The third kappa shape index (κ3) is 6.37. The maximum absolute atomic E-state index is 13.5. The summed E-state index contributed by atoms with van der Waals surface area (Å²) < 4.78 is 37.1. The van der Waals surface area contributed by atoms with E-state index in [4.69, 9.17) is 9.47 Å². The number of piperidine rings is 1. The summed E-state index contributed by atoms with van der Waals surface area (Å²) in [5.41, 5.74) is 0.717. The molecule has 0 aliphatic carbocycles. The molecule has 0 saturated carbocycles. The summed E-state index contributed by atoms with van der Waals surface area (Å²) in [6.45, 7) is 6.97. The summed E-state index contributed by atoms with van der Waals surface area (Å²) in [6, 6.07) is 13.6. The Bertz CT molecular complexity index is 1020. The first kappa shape index (κ1) is 25.7. The molecule has 2 aromatic carbocycles. The molecule has 1 aliphatic rings. The predicted molar refractivity (Wildman–Crippen MR) is 132 cm³/mol. The van der Waals surface area contributed by atoms with E-state index in [1.165, 1.54) is 38.3 Å². The van der Waals surface area contributed by atoms with Gasteiger partial charge < -0.3 is 9.47 Å². The minimum absolute atomic E-state index is 0.00170. The van der Waals surface area contributed by atoms with Crippen molar-refractivity contribution < 1.29 is 22.7 Å². The highest BCUT2D eigenvalue weighted by atomic mass is 79.9. The second-order valence-corrected chi connectivity index (χ2v) is 11.8. The lowest BCUT2D eigenvalue weighted by Gasteiger charge is -2.27. The Morgan fingerprint density at radius 1 is 1.03 bits per heavy atom. The number of halogens is 1. The van der Waals surface area contributed by atoms with Crippen LogP contribution in [-0.2, 0) is 25.8 Å². The zero-order valence-corrected chi connectivity index (χ0v) is 21.7. The molecular weight excluding hydrogens is 506 g/mol. The molecular formula is C25H32BrNO5S. The molecule has 8 heteroatoms. The van der Waals surface area contributed by atoms with E-state index in [-0.39, 0.29) is 17.9 Å². The van der Waals surface area contributed by atoms with Gasteiger partial charge in [-0.15, -0.1) is 0 Å². The molecule has 1 saturated heterocycles. The number of hydrogen-bond donors (Lipinski definition) is 0. The molecule has 0 radical (unpaired) electrons. The fraction of sp³-hybridized carbons (Fsp3) is 0.480. The highest BCUT2D eigenvalue weighted by Crippen LogP contribution is 2.32. The average Bonchev–Trinajstić information content (AvgIpc) is 2.81. The molecule has 1 unspecified atom stereocenters. The number of sulfone groups is 1. The molecule has 0 bridgehead atoms. The van der Waals surface area contributed by atoms with E-state index in [0.717, 1.165) is 35.4 Å². The molecule has 0 spiro atoms. The largest absolute Gasteiger partial charge is 0.492 e. The Hall–Kier alpha value is -1.90. The van der Waals surface area contributed by atoms with Gasteiger partial charge in [-0.25, -0.2) is 8.42 Å². The first-order valence-electron chi connectivity index (χ1n) is 11.4. The van der Waals surface area contributed by atoms with Crippen LogP contribution in [0, 0.1) is 0 Å². The molecule has 1 aliphatic heterocycles. The molecule has 1 fully saturated rings. The smallest absolute Gasteiger partial charge is 0.327 e. The summed E-state index contributed by atoms with van der Waals surface area (Å²) in [4.78, 5) is 15.4. The van der Waals surface area contributed by atoms with Crippen molar-refractivity contribution in [2.75, 3.05) is 32.8 Å². The van der Waals surface area contributed by atoms with Crippen LogP contribution in [0.3, 0.4) is 0 Å². The third-order valence-corrected chi connectivity index (χ3v) is 8.93. The highest BCUT2D eigenvalue weighted by Gasteiger charge is 2.48. The van der Waals surface area contributed by atoms with Crippen molar-refractivity contribution in [1.29, 1.82) is 0 Å². The second-order valence-electron chi connectivity index (χ2n) is 8.48. The van der Waals surface area contributed by atoms with Crippen molar-refractivity contribution in [3.63, 3.8) is 0 Å². The maximum atomic E-state index is 13.5. The Balaban J connectivity index is 1.73. The number of hydrogen-bond acceptors (Lipinski definition) is 6. The lowest BCUT2D eigenvalue weighted by Crippen LogP contribution is -2.46. The molecule has 6 nitrogen and oxygen atoms in total. The van der Waals surface area contributed by atoms with Gasteiger partial charge in [-0.3, -0.25) is 9.69 Å². The lowest BCUT2D eigenvalue weighted by atomic mass is 10.00. The van der Waals surface area contributed by atoms with E-state index in [1.807, 2.05) is 24.3 Å². The molecule has 2 aromatic rings. The van der Waals surface area contributed by atoms with Gasteiger partial charge >= 0.3 is 5.97 Å². The van der Waals surface area contributed by atoms with Crippen LogP contribution in [0.15, 0.2) is 57.9 Å². The van der Waals surface area contributed by atoms with E-state index in [9.17, 15) is 13.2 Å². The highest BCUT2D eigenvalue weighted by molar-refractivity contribution is 9.10. The first-order chi connectivity index (χ1) is 15.8. The number of benzene rings is 2. The average molecular weight is 539 g/mol. The van der Waals surface area contributed by atoms with Crippen LogP contribution in [0.2, 0.25) is 0 Å². The molecule has 3 rings (SSSR count). The van der Waals surface area contributed by atoms with Crippen molar-refractivity contribution in [3.05, 3.63) is 58.6 Å². The number of carbonyl (C=O) groups is 1. The second kappa shape index (κ2) is 11.5. The van der Waals surface area contributed by atoms with Crippen LogP contribution >= 0.6 is 15.9 Å². The van der Waals surface area contributed by atoms with Crippen molar-refractivity contribution in [2.45, 2.75) is 49.2 Å². The number of carbonyl (C=O) groups excluding carboxylic acids is 1. The molecule has 1 atom stereocenters. The topological polar surface area (TPSA) is 72.9 Å². The summed E-state index contributed by atoms with van der Waals surface area (Å²) in [5, 5.41) is 0. The summed E-state index contributed by atoms with van der Waals surface area (Å²) in [7, 11) is -4.01. The Morgan fingerprint density at radius 2 is 1.67 bits per heavy atom. The van der Waals surface area contributed by atoms with Crippen LogP contribution < -0.4 is 4.74 Å². The minimum Gasteiger partial charge on any atom is -0.492 e. The SMILES string of the molecule is CCOC(=O)C(C)(Cc1ccc(OCCN2CCCCC2)cc1)S(=O)(=O)c1ccc(Br)cc1. The Kier molecular flexibility index (Phi) is 8.95. The van der Waals surface area contributed by atoms with E-state index < -0.39 is 20.6 Å². The van der Waals surface area contributed by atoms with Gasteiger partial charge in [0.1, 0.15) is 12.4 Å². The number of ether oxygens (including phenoxy) is 2. The first-order valence-corrected chi connectivity index (χ1v) is 13.7. The van der Waals surface area contributed by atoms with Crippen LogP contribution in [0.25, 0.3) is 0 Å². The van der Waals surface area contributed by atoms with Gasteiger partial charge in [-0.2, -0.15) is 0 Å². The summed E-state index contributed by atoms with van der Waals surface area (Å²) in [5.74, 6) is -0.0286. The van der Waals surface area contributed by atoms with Gasteiger partial charge in [-0.1, -0.05) is 34.5 Å². The number of esters is 1. The Labute approximate surface area is 205 Å². The summed E-state index contributed by atoms with van der Waals surface area (Å²) in [6.07, 6.45) is 3.80. The maximum Gasteiger partial charge on any atom is 0.327 e. The number of likely N-dealkylation sites (tertiary alicyclic amines) is 1. The fourth-order valence-electron chi connectivity index (χ4n) is 4.00. The molecule has 0 N–H and O–H groups in total. The predicted octanol–water partition coefficient (Wildman–Crippen LogP) is 4.65. The number of nitrogens with zero attached hydrogens (tertiary/aromatic N) is 1.